The highest BCUT2D eigenvalue weighted by Crippen LogP contribution is 2.40. The van der Waals surface area contributed by atoms with Crippen molar-refractivity contribution in [3.05, 3.63) is 0 Å². The van der Waals surface area contributed by atoms with Gasteiger partial charge in [-0.1, -0.05) is 6.92 Å². The fourth-order valence-corrected chi connectivity index (χ4v) is 5.22. The van der Waals surface area contributed by atoms with Crippen LogP contribution >= 0.6 is 11.8 Å². The Hall–Kier alpha value is -0.950. The first kappa shape index (κ1) is 15.0. The third-order valence-corrected chi connectivity index (χ3v) is 6.49. The fourth-order valence-electron chi connectivity index (χ4n) is 3.88. The van der Waals surface area contributed by atoms with Crippen LogP contribution in [0.25, 0.3) is 0 Å². The second-order valence-corrected chi connectivity index (χ2v) is 7.42. The third-order valence-electron chi connectivity index (χ3n) is 5.04. The fraction of sp³-hybridized carbons (Fsp3) is 0.857. The van der Waals surface area contributed by atoms with Gasteiger partial charge < -0.3 is 15.1 Å². The number of hydrogen-bond donors (Lipinski definition) is 2. The molecule has 3 aliphatic rings. The number of carbonyl (C=O) groups excluding carboxylic acids is 1. The highest BCUT2D eigenvalue weighted by molar-refractivity contribution is 8.00. The standard InChI is InChI=1S/C14H22N2O4S/c1-2-12-16(10(7-21-12)13(18)19)14(20)15-5-8-3-4-11(17)9(8)6-15/h8-12,17H,2-7H2,1H3,(H,18,19). The van der Waals surface area contributed by atoms with E-state index in [4.69, 9.17) is 0 Å². The van der Waals surface area contributed by atoms with E-state index < -0.39 is 12.0 Å². The Morgan fingerprint density at radius 3 is 2.67 bits per heavy atom. The van der Waals surface area contributed by atoms with Gasteiger partial charge in [0.05, 0.1) is 11.5 Å². The van der Waals surface area contributed by atoms with Crippen LogP contribution in [-0.4, -0.2) is 68.4 Å². The molecule has 0 aromatic heterocycles. The number of nitrogens with zero attached hydrogens (tertiary/aromatic N) is 2. The molecular weight excluding hydrogens is 292 g/mol. The lowest BCUT2D eigenvalue weighted by Gasteiger charge is -2.31. The van der Waals surface area contributed by atoms with E-state index in [1.165, 1.54) is 0 Å². The summed E-state index contributed by atoms with van der Waals surface area (Å²) in [5.41, 5.74) is 0. The summed E-state index contributed by atoms with van der Waals surface area (Å²) >= 11 is 1.54. The third kappa shape index (κ3) is 2.50. The van der Waals surface area contributed by atoms with Gasteiger partial charge in [-0.25, -0.2) is 9.59 Å². The first-order valence-electron chi connectivity index (χ1n) is 7.62. The van der Waals surface area contributed by atoms with E-state index >= 15 is 0 Å². The predicted octanol–water partition coefficient (Wildman–Crippen LogP) is 1.05. The van der Waals surface area contributed by atoms with E-state index in [0.717, 1.165) is 19.3 Å². The number of carboxylic acids is 1. The van der Waals surface area contributed by atoms with Crippen LogP contribution in [0, 0.1) is 11.8 Å². The molecule has 2 heterocycles. The molecule has 3 rings (SSSR count). The Morgan fingerprint density at radius 1 is 1.29 bits per heavy atom. The molecule has 3 fully saturated rings. The minimum absolute atomic E-state index is 0.0519. The number of amides is 2. The number of carbonyl (C=O) groups is 2. The van der Waals surface area contributed by atoms with Gasteiger partial charge in [0.15, 0.2) is 0 Å². The molecule has 21 heavy (non-hydrogen) atoms. The first-order chi connectivity index (χ1) is 10.0. The summed E-state index contributed by atoms with van der Waals surface area (Å²) in [6.07, 6.45) is 2.23. The monoisotopic (exact) mass is 314 g/mol. The summed E-state index contributed by atoms with van der Waals surface area (Å²) in [6.45, 7) is 3.20. The Kier molecular flexibility index (Phi) is 4.05. The largest absolute Gasteiger partial charge is 0.480 e. The number of rotatable bonds is 2. The SMILES string of the molecule is CCC1SCC(C(=O)O)N1C(=O)N1CC2CCC(O)C2C1. The van der Waals surface area contributed by atoms with E-state index in [0.29, 0.717) is 24.8 Å². The zero-order valence-corrected chi connectivity index (χ0v) is 13.0. The summed E-state index contributed by atoms with van der Waals surface area (Å²) in [5.74, 6) is 0.0875. The molecule has 5 atom stereocenters. The van der Waals surface area contributed by atoms with Crippen molar-refractivity contribution in [2.24, 2.45) is 11.8 Å². The van der Waals surface area contributed by atoms with Crippen molar-refractivity contribution < 1.29 is 19.8 Å². The maximum Gasteiger partial charge on any atom is 0.327 e. The number of carboxylic acid groups (broad SMARTS) is 1. The van der Waals surface area contributed by atoms with Crippen LogP contribution in [0.3, 0.4) is 0 Å². The Morgan fingerprint density at radius 2 is 2.05 bits per heavy atom. The average molecular weight is 314 g/mol. The summed E-state index contributed by atoms with van der Waals surface area (Å²) in [4.78, 5) is 27.4. The first-order valence-corrected chi connectivity index (χ1v) is 8.67. The molecule has 0 bridgehead atoms. The average Bonchev–Trinajstić information content (AvgIpc) is 3.13. The van der Waals surface area contributed by atoms with E-state index in [1.807, 2.05) is 6.92 Å². The van der Waals surface area contributed by atoms with Crippen molar-refractivity contribution in [2.45, 2.75) is 43.7 Å². The smallest absolute Gasteiger partial charge is 0.327 e. The van der Waals surface area contributed by atoms with Crippen LogP contribution < -0.4 is 0 Å². The Bertz CT molecular complexity index is 447. The van der Waals surface area contributed by atoms with Crippen molar-refractivity contribution in [3.63, 3.8) is 0 Å². The molecule has 0 spiro atoms. The van der Waals surface area contributed by atoms with Crippen LogP contribution in [0.5, 0.6) is 0 Å². The Labute approximate surface area is 128 Å². The maximum atomic E-state index is 12.8. The molecule has 1 aliphatic carbocycles. The van der Waals surface area contributed by atoms with Crippen LogP contribution in [0.2, 0.25) is 0 Å². The molecule has 0 radical (unpaired) electrons. The number of fused-ring (bicyclic) bond motifs is 1. The summed E-state index contributed by atoms with van der Waals surface area (Å²) in [7, 11) is 0. The molecule has 2 amide bonds. The van der Waals surface area contributed by atoms with E-state index in [1.54, 1.807) is 21.6 Å². The van der Waals surface area contributed by atoms with Crippen LogP contribution in [0.4, 0.5) is 4.79 Å². The van der Waals surface area contributed by atoms with Gasteiger partial charge >= 0.3 is 12.0 Å². The highest BCUT2D eigenvalue weighted by atomic mass is 32.2. The van der Waals surface area contributed by atoms with Crippen molar-refractivity contribution in [3.8, 4) is 0 Å². The highest BCUT2D eigenvalue weighted by Gasteiger charge is 2.48. The second kappa shape index (κ2) is 5.68. The number of aliphatic hydroxyl groups is 1. The number of hydrogen-bond acceptors (Lipinski definition) is 4. The van der Waals surface area contributed by atoms with Crippen LogP contribution in [0.15, 0.2) is 0 Å². The zero-order chi connectivity index (χ0) is 15.1. The normalized spacial score (nSPS) is 38.9. The number of aliphatic carboxylic acids is 1. The van der Waals surface area contributed by atoms with Crippen molar-refractivity contribution in [1.82, 2.24) is 9.80 Å². The van der Waals surface area contributed by atoms with Gasteiger partial charge in [0, 0.05) is 24.8 Å². The molecule has 7 heteroatoms. The minimum Gasteiger partial charge on any atom is -0.480 e. The van der Waals surface area contributed by atoms with Crippen LogP contribution in [0.1, 0.15) is 26.2 Å². The molecule has 6 nitrogen and oxygen atoms in total. The lowest BCUT2D eigenvalue weighted by molar-refractivity contribution is -0.141. The summed E-state index contributed by atoms with van der Waals surface area (Å²) in [5, 5.41) is 19.2. The lowest BCUT2D eigenvalue weighted by atomic mass is 10.00. The maximum absolute atomic E-state index is 12.8. The molecule has 5 unspecified atom stereocenters. The number of thioether (sulfide) groups is 1. The number of urea groups is 1. The molecular formula is C14H22N2O4S. The van der Waals surface area contributed by atoms with Gasteiger partial charge in [-0.2, -0.15) is 0 Å². The summed E-state index contributed by atoms with van der Waals surface area (Å²) in [6, 6.07) is -0.890. The predicted molar refractivity (Wildman–Crippen MR) is 79.0 cm³/mol. The van der Waals surface area contributed by atoms with Crippen molar-refractivity contribution >= 4 is 23.8 Å². The molecule has 0 aromatic carbocycles. The number of likely N-dealkylation sites (tertiary alicyclic amines) is 1. The molecule has 0 aromatic rings. The lowest BCUT2D eigenvalue weighted by Crippen LogP contribution is -2.51. The molecule has 2 aliphatic heterocycles. The van der Waals surface area contributed by atoms with Gasteiger partial charge in [0.2, 0.25) is 0 Å². The van der Waals surface area contributed by atoms with Gasteiger partial charge in [0.1, 0.15) is 6.04 Å². The molecule has 118 valence electrons. The molecule has 2 N–H and O–H groups in total. The van der Waals surface area contributed by atoms with E-state index in [2.05, 4.69) is 0 Å². The van der Waals surface area contributed by atoms with Gasteiger partial charge in [0.25, 0.3) is 0 Å². The van der Waals surface area contributed by atoms with Gasteiger partial charge in [-0.05, 0) is 25.2 Å². The van der Waals surface area contributed by atoms with Gasteiger partial charge in [-0.3, -0.25) is 4.90 Å². The second-order valence-electron chi connectivity index (χ2n) is 6.21. The number of aliphatic hydroxyl groups excluding tert-OH is 1. The Balaban J connectivity index is 1.73. The molecule has 2 saturated heterocycles. The van der Waals surface area contributed by atoms with Crippen LogP contribution in [-0.2, 0) is 4.79 Å². The topological polar surface area (TPSA) is 81.1 Å². The van der Waals surface area contributed by atoms with Crippen molar-refractivity contribution in [1.29, 1.82) is 0 Å². The zero-order valence-electron chi connectivity index (χ0n) is 12.1. The molecule has 1 saturated carbocycles. The van der Waals surface area contributed by atoms with Gasteiger partial charge in [-0.15, -0.1) is 11.8 Å². The summed E-state index contributed by atoms with van der Waals surface area (Å²) < 4.78 is 0. The quantitative estimate of drug-likeness (QED) is 0.796. The van der Waals surface area contributed by atoms with E-state index in [-0.39, 0.29) is 23.4 Å². The minimum atomic E-state index is -0.925. The van der Waals surface area contributed by atoms with Crippen molar-refractivity contribution in [2.75, 3.05) is 18.8 Å². The van der Waals surface area contributed by atoms with E-state index in [9.17, 15) is 19.8 Å².